The summed E-state index contributed by atoms with van der Waals surface area (Å²) in [5.41, 5.74) is 1.37. The van der Waals surface area contributed by atoms with Crippen molar-refractivity contribution in [3.8, 4) is 5.75 Å². The molecular formula is C19H25NO. The maximum atomic E-state index is 6.44. The van der Waals surface area contributed by atoms with Crippen LogP contribution in [0.25, 0.3) is 0 Å². The minimum atomic E-state index is 0.0552. The van der Waals surface area contributed by atoms with Crippen LogP contribution in [-0.4, -0.2) is 23.6 Å². The highest BCUT2D eigenvalue weighted by Crippen LogP contribution is 2.48. The van der Waals surface area contributed by atoms with Crippen LogP contribution in [0, 0.1) is 0 Å². The zero-order valence-electron chi connectivity index (χ0n) is 12.8. The molecule has 2 heteroatoms. The molecule has 1 unspecified atom stereocenters. The zero-order valence-corrected chi connectivity index (χ0v) is 12.8. The second-order valence-corrected chi connectivity index (χ2v) is 6.28. The van der Waals surface area contributed by atoms with Crippen LogP contribution in [0.2, 0.25) is 0 Å². The van der Waals surface area contributed by atoms with Gasteiger partial charge >= 0.3 is 0 Å². The molecule has 1 heterocycles. The van der Waals surface area contributed by atoms with Crippen molar-refractivity contribution in [3.63, 3.8) is 0 Å². The summed E-state index contributed by atoms with van der Waals surface area (Å²) in [5, 5.41) is 0. The fraction of sp³-hybridized carbons (Fsp3) is 0.474. The lowest BCUT2D eigenvalue weighted by Crippen LogP contribution is -2.43. The van der Waals surface area contributed by atoms with Gasteiger partial charge in [-0.15, -0.1) is 13.2 Å². The van der Waals surface area contributed by atoms with Gasteiger partial charge in [0.2, 0.25) is 0 Å². The maximum absolute atomic E-state index is 6.44. The molecule has 1 aromatic rings. The molecule has 1 atom stereocenters. The lowest BCUT2D eigenvalue weighted by atomic mass is 9.85. The van der Waals surface area contributed by atoms with Crippen LogP contribution >= 0.6 is 0 Å². The summed E-state index contributed by atoms with van der Waals surface area (Å²) in [6.07, 6.45) is 10.0. The van der Waals surface area contributed by atoms with Gasteiger partial charge in [0.25, 0.3) is 0 Å². The van der Waals surface area contributed by atoms with E-state index in [0.717, 1.165) is 25.3 Å². The normalized spacial score (nSPS) is 22.8. The Balaban J connectivity index is 1.96. The summed E-state index contributed by atoms with van der Waals surface area (Å²) < 4.78 is 6.44. The molecule has 1 aliphatic heterocycles. The topological polar surface area (TPSA) is 12.5 Å². The Hall–Kier alpha value is -1.54. The van der Waals surface area contributed by atoms with Crippen LogP contribution in [0.1, 0.15) is 43.7 Å². The van der Waals surface area contributed by atoms with E-state index in [0.29, 0.717) is 6.04 Å². The van der Waals surface area contributed by atoms with Gasteiger partial charge in [0.05, 0.1) is 0 Å². The standard InChI is InChI=1S/C19H25NO/c1-3-13-20(14-4-2)17-15-19(11-7-8-12-19)21-18-10-6-5-9-16(17)18/h3-6,9-10,17H,1-2,7-8,11-15H2. The molecule has 2 nitrogen and oxygen atoms in total. The average molecular weight is 283 g/mol. The molecule has 3 rings (SSSR count). The lowest BCUT2D eigenvalue weighted by Gasteiger charge is -2.44. The molecule has 0 radical (unpaired) electrons. The number of rotatable bonds is 5. The third kappa shape index (κ3) is 2.77. The summed E-state index contributed by atoms with van der Waals surface area (Å²) in [6.45, 7) is 9.61. The molecule has 1 fully saturated rings. The molecule has 1 saturated carbocycles. The number of para-hydroxylation sites is 1. The number of nitrogens with zero attached hydrogens (tertiary/aromatic N) is 1. The van der Waals surface area contributed by atoms with Gasteiger partial charge in [-0.3, -0.25) is 4.90 Å². The highest BCUT2D eigenvalue weighted by Gasteiger charge is 2.44. The molecular weight excluding hydrogens is 258 g/mol. The molecule has 21 heavy (non-hydrogen) atoms. The first-order chi connectivity index (χ1) is 10.3. The van der Waals surface area contributed by atoms with E-state index in [4.69, 9.17) is 4.74 Å². The molecule has 0 N–H and O–H groups in total. The Morgan fingerprint density at radius 2 is 1.81 bits per heavy atom. The molecule has 2 aliphatic rings. The Morgan fingerprint density at radius 3 is 2.48 bits per heavy atom. The minimum absolute atomic E-state index is 0.0552. The van der Waals surface area contributed by atoms with Crippen LogP contribution in [0.5, 0.6) is 5.75 Å². The van der Waals surface area contributed by atoms with Gasteiger partial charge in [-0.1, -0.05) is 30.4 Å². The van der Waals surface area contributed by atoms with Gasteiger partial charge < -0.3 is 4.74 Å². The lowest BCUT2D eigenvalue weighted by molar-refractivity contribution is 0.0121. The largest absolute Gasteiger partial charge is 0.487 e. The fourth-order valence-electron chi connectivity index (χ4n) is 3.90. The van der Waals surface area contributed by atoms with Crippen molar-refractivity contribution in [2.75, 3.05) is 13.1 Å². The van der Waals surface area contributed by atoms with Gasteiger partial charge in [-0.25, -0.2) is 0 Å². The molecule has 1 spiro atoms. The Bertz CT molecular complexity index is 506. The first kappa shape index (κ1) is 14.4. The second-order valence-electron chi connectivity index (χ2n) is 6.28. The van der Waals surface area contributed by atoms with Crippen LogP contribution < -0.4 is 4.74 Å². The third-order valence-electron chi connectivity index (χ3n) is 4.85. The van der Waals surface area contributed by atoms with Gasteiger partial charge in [0, 0.05) is 31.1 Å². The Labute approximate surface area is 128 Å². The second kappa shape index (κ2) is 6.07. The van der Waals surface area contributed by atoms with E-state index in [1.807, 2.05) is 12.2 Å². The molecule has 0 bridgehead atoms. The van der Waals surface area contributed by atoms with Gasteiger partial charge in [-0.2, -0.15) is 0 Å². The van der Waals surface area contributed by atoms with Crippen molar-refractivity contribution in [3.05, 3.63) is 55.1 Å². The number of hydrogen-bond acceptors (Lipinski definition) is 2. The third-order valence-corrected chi connectivity index (χ3v) is 4.85. The van der Waals surface area contributed by atoms with Crippen LogP contribution in [-0.2, 0) is 0 Å². The highest BCUT2D eigenvalue weighted by molar-refractivity contribution is 5.39. The van der Waals surface area contributed by atoms with E-state index in [-0.39, 0.29) is 5.60 Å². The predicted octanol–water partition coefficient (Wildman–Crippen LogP) is 4.50. The maximum Gasteiger partial charge on any atom is 0.124 e. The molecule has 0 saturated heterocycles. The van der Waals surface area contributed by atoms with Crippen molar-refractivity contribution in [1.82, 2.24) is 4.90 Å². The summed E-state index contributed by atoms with van der Waals surface area (Å²) in [4.78, 5) is 2.46. The van der Waals surface area contributed by atoms with Crippen LogP contribution in [0.4, 0.5) is 0 Å². The van der Waals surface area contributed by atoms with E-state index in [1.54, 1.807) is 0 Å². The average Bonchev–Trinajstić information content (AvgIpc) is 2.94. The molecule has 0 aromatic heterocycles. The minimum Gasteiger partial charge on any atom is -0.487 e. The van der Waals surface area contributed by atoms with E-state index in [2.05, 4.69) is 42.3 Å². The smallest absolute Gasteiger partial charge is 0.124 e. The monoisotopic (exact) mass is 283 g/mol. The fourth-order valence-corrected chi connectivity index (χ4v) is 3.90. The number of benzene rings is 1. The first-order valence-electron chi connectivity index (χ1n) is 8.02. The van der Waals surface area contributed by atoms with Gasteiger partial charge in [0.15, 0.2) is 0 Å². The van der Waals surface area contributed by atoms with Crippen molar-refractivity contribution >= 4 is 0 Å². The number of hydrogen-bond donors (Lipinski definition) is 0. The first-order valence-corrected chi connectivity index (χ1v) is 8.02. The van der Waals surface area contributed by atoms with Crippen molar-refractivity contribution in [2.45, 2.75) is 43.7 Å². The van der Waals surface area contributed by atoms with Gasteiger partial charge in [0.1, 0.15) is 11.4 Å². The van der Waals surface area contributed by atoms with Crippen molar-refractivity contribution in [2.24, 2.45) is 0 Å². The van der Waals surface area contributed by atoms with Crippen LogP contribution in [0.15, 0.2) is 49.6 Å². The molecule has 1 aliphatic carbocycles. The predicted molar refractivity (Wildman–Crippen MR) is 87.6 cm³/mol. The van der Waals surface area contributed by atoms with Crippen molar-refractivity contribution in [1.29, 1.82) is 0 Å². The Kier molecular flexibility index (Phi) is 4.16. The molecule has 112 valence electrons. The van der Waals surface area contributed by atoms with E-state index in [1.165, 1.54) is 31.2 Å². The van der Waals surface area contributed by atoms with E-state index < -0.39 is 0 Å². The highest BCUT2D eigenvalue weighted by atomic mass is 16.5. The summed E-state index contributed by atoms with van der Waals surface area (Å²) in [5.74, 6) is 1.08. The van der Waals surface area contributed by atoms with E-state index >= 15 is 0 Å². The zero-order chi connectivity index (χ0) is 14.7. The van der Waals surface area contributed by atoms with Crippen LogP contribution in [0.3, 0.4) is 0 Å². The number of fused-ring (bicyclic) bond motifs is 1. The van der Waals surface area contributed by atoms with Crippen molar-refractivity contribution < 1.29 is 4.74 Å². The quantitative estimate of drug-likeness (QED) is 0.738. The summed E-state index contributed by atoms with van der Waals surface area (Å²) in [7, 11) is 0. The SMILES string of the molecule is C=CCN(CC=C)C1CC2(CCCC2)Oc2ccccc21. The number of ether oxygens (including phenoxy) is 1. The molecule has 0 amide bonds. The molecule has 1 aromatic carbocycles. The van der Waals surface area contributed by atoms with Gasteiger partial charge in [-0.05, 0) is 31.7 Å². The summed E-state index contributed by atoms with van der Waals surface area (Å²) in [6, 6.07) is 8.93. The Morgan fingerprint density at radius 1 is 1.14 bits per heavy atom. The van der Waals surface area contributed by atoms with E-state index in [9.17, 15) is 0 Å². The summed E-state index contributed by atoms with van der Waals surface area (Å²) >= 11 is 0.